The van der Waals surface area contributed by atoms with Gasteiger partial charge in [-0.25, -0.2) is 9.59 Å². The van der Waals surface area contributed by atoms with Crippen LogP contribution in [0.25, 0.3) is 10.9 Å². The molecule has 39 heavy (non-hydrogen) atoms. The minimum Gasteiger partial charge on any atom is -0.465 e. The van der Waals surface area contributed by atoms with E-state index in [0.29, 0.717) is 27.6 Å². The molecule has 208 valence electrons. The molecule has 0 radical (unpaired) electrons. The zero-order valence-corrected chi connectivity index (χ0v) is 25.2. The van der Waals surface area contributed by atoms with E-state index in [9.17, 15) is 20.0 Å². The molecule has 0 aliphatic heterocycles. The zero-order valence-electron chi connectivity index (χ0n) is 24.2. The van der Waals surface area contributed by atoms with Gasteiger partial charge in [0.2, 0.25) is 5.60 Å². The number of carbonyl (C=O) groups excluding carboxylic acids is 2. The number of nitrogens with zero attached hydrogens (tertiary/aromatic N) is 2. The van der Waals surface area contributed by atoms with Gasteiger partial charge in [0.25, 0.3) is 0 Å². The molecule has 0 saturated carbocycles. The molecular formula is C30H38N2O6Si. The van der Waals surface area contributed by atoms with Crippen molar-refractivity contribution >= 4 is 31.3 Å². The second kappa shape index (κ2) is 10.6. The Morgan fingerprint density at radius 2 is 1.59 bits per heavy atom. The normalized spacial score (nSPS) is 14.8. The Morgan fingerprint density at radius 1 is 1.00 bits per heavy atom. The molecule has 2 unspecified atom stereocenters. The lowest BCUT2D eigenvalue weighted by Gasteiger charge is -2.44. The molecule has 2 aromatic carbocycles. The van der Waals surface area contributed by atoms with Crippen molar-refractivity contribution < 1.29 is 28.6 Å². The fourth-order valence-corrected chi connectivity index (χ4v) is 5.43. The molecule has 1 heterocycles. The van der Waals surface area contributed by atoms with Crippen LogP contribution in [-0.4, -0.2) is 42.8 Å². The molecule has 8 nitrogen and oxygen atoms in total. The quantitative estimate of drug-likeness (QED) is 0.269. The van der Waals surface area contributed by atoms with E-state index in [1.54, 1.807) is 57.2 Å². The SMILES string of the molecule is COC(=O)c1ccc(C(O)C(C#N)(O[Si](C)(C)C(C)(C)C)c2cn(C(=O)OC(C)(C)C)c3ccccc23)cc1. The van der Waals surface area contributed by atoms with Gasteiger partial charge < -0.3 is 19.0 Å². The fraction of sp³-hybridized carbons (Fsp3) is 0.433. The number of aliphatic hydroxyl groups excluding tert-OH is 1. The van der Waals surface area contributed by atoms with Crippen molar-refractivity contribution in [3.63, 3.8) is 0 Å². The minimum atomic E-state index is -2.70. The summed E-state index contributed by atoms with van der Waals surface area (Å²) in [6.07, 6.45) is -0.538. The van der Waals surface area contributed by atoms with E-state index in [1.807, 2.05) is 33.9 Å². The molecule has 0 amide bonds. The van der Waals surface area contributed by atoms with Crippen LogP contribution < -0.4 is 0 Å². The van der Waals surface area contributed by atoms with Crippen molar-refractivity contribution in [3.8, 4) is 6.07 Å². The monoisotopic (exact) mass is 550 g/mol. The van der Waals surface area contributed by atoms with Crippen LogP contribution >= 0.6 is 0 Å². The first-order valence-corrected chi connectivity index (χ1v) is 15.7. The van der Waals surface area contributed by atoms with Crippen LogP contribution in [0.1, 0.15) is 69.1 Å². The maximum absolute atomic E-state index is 13.2. The van der Waals surface area contributed by atoms with Gasteiger partial charge in [-0.3, -0.25) is 4.57 Å². The third-order valence-corrected chi connectivity index (χ3v) is 11.6. The van der Waals surface area contributed by atoms with Crippen molar-refractivity contribution in [2.24, 2.45) is 0 Å². The molecule has 9 heteroatoms. The molecule has 3 rings (SSSR count). The summed E-state index contributed by atoms with van der Waals surface area (Å²) in [4.78, 5) is 25.2. The number of rotatable bonds is 6. The number of benzene rings is 2. The number of nitriles is 1. The van der Waals surface area contributed by atoms with Crippen LogP contribution in [-0.2, 0) is 19.5 Å². The van der Waals surface area contributed by atoms with Gasteiger partial charge in [-0.2, -0.15) is 5.26 Å². The van der Waals surface area contributed by atoms with E-state index in [-0.39, 0.29) is 5.04 Å². The molecule has 2 atom stereocenters. The van der Waals surface area contributed by atoms with Gasteiger partial charge >= 0.3 is 12.1 Å². The van der Waals surface area contributed by atoms with Crippen LogP contribution in [0, 0.1) is 11.3 Å². The Bertz CT molecular complexity index is 1410. The number of methoxy groups -OCH3 is 1. The first kappa shape index (κ1) is 30.1. The lowest BCUT2D eigenvalue weighted by molar-refractivity contribution is -0.0288. The Balaban J connectivity index is 2.31. The number of para-hydroxylation sites is 1. The minimum absolute atomic E-state index is 0.299. The fourth-order valence-electron chi connectivity index (χ4n) is 4.05. The number of carbonyl (C=O) groups is 2. The van der Waals surface area contributed by atoms with Gasteiger partial charge in [0.15, 0.2) is 8.32 Å². The number of aromatic nitrogens is 1. The Hall–Kier alpha value is -3.45. The Kier molecular flexibility index (Phi) is 8.18. The van der Waals surface area contributed by atoms with Crippen LogP contribution in [0.3, 0.4) is 0 Å². The van der Waals surface area contributed by atoms with Gasteiger partial charge in [-0.1, -0.05) is 51.1 Å². The highest BCUT2D eigenvalue weighted by atomic mass is 28.4. The van der Waals surface area contributed by atoms with E-state index in [0.717, 1.165) is 0 Å². The molecule has 0 saturated heterocycles. The van der Waals surface area contributed by atoms with E-state index >= 15 is 0 Å². The molecule has 0 bridgehead atoms. The number of aliphatic hydroxyl groups is 1. The van der Waals surface area contributed by atoms with Crippen LogP contribution in [0.15, 0.2) is 54.7 Å². The lowest BCUT2D eigenvalue weighted by Crippen LogP contribution is -2.50. The van der Waals surface area contributed by atoms with E-state index in [4.69, 9.17) is 13.9 Å². The smallest absolute Gasteiger partial charge is 0.419 e. The van der Waals surface area contributed by atoms with Gasteiger partial charge in [-0.15, -0.1) is 0 Å². The summed E-state index contributed by atoms with van der Waals surface area (Å²) in [5, 5.41) is 23.1. The molecule has 3 aromatic rings. The Morgan fingerprint density at radius 3 is 2.10 bits per heavy atom. The molecule has 0 spiro atoms. The average molecular weight is 551 g/mol. The zero-order chi connectivity index (χ0) is 29.4. The summed E-state index contributed by atoms with van der Waals surface area (Å²) in [6.45, 7) is 15.5. The third-order valence-electron chi connectivity index (χ3n) is 7.12. The highest BCUT2D eigenvalue weighted by Gasteiger charge is 2.52. The predicted octanol–water partition coefficient (Wildman–Crippen LogP) is 6.69. The molecule has 0 aliphatic carbocycles. The first-order valence-electron chi connectivity index (χ1n) is 12.8. The maximum Gasteiger partial charge on any atom is 0.419 e. The highest BCUT2D eigenvalue weighted by molar-refractivity contribution is 6.74. The van der Waals surface area contributed by atoms with Crippen molar-refractivity contribution in [3.05, 3.63) is 71.4 Å². The topological polar surface area (TPSA) is 111 Å². The molecule has 0 fully saturated rings. The predicted molar refractivity (Wildman–Crippen MR) is 152 cm³/mol. The average Bonchev–Trinajstić information content (AvgIpc) is 3.25. The van der Waals surface area contributed by atoms with Crippen molar-refractivity contribution in [1.29, 1.82) is 5.26 Å². The molecule has 1 N–H and O–H groups in total. The number of hydrogen-bond donors (Lipinski definition) is 1. The summed E-state index contributed by atoms with van der Waals surface area (Å²) in [7, 11) is -1.41. The number of hydrogen-bond acceptors (Lipinski definition) is 7. The molecule has 1 aromatic heterocycles. The second-order valence-electron chi connectivity index (χ2n) is 12.1. The Labute approximate surface area is 231 Å². The van der Waals surface area contributed by atoms with Gasteiger partial charge in [0.1, 0.15) is 17.8 Å². The van der Waals surface area contributed by atoms with Gasteiger partial charge in [0.05, 0.1) is 18.2 Å². The van der Waals surface area contributed by atoms with E-state index in [2.05, 4.69) is 6.07 Å². The van der Waals surface area contributed by atoms with Gasteiger partial charge in [-0.05, 0) is 62.7 Å². The molecule has 0 aliphatic rings. The van der Waals surface area contributed by atoms with Crippen LogP contribution in [0.4, 0.5) is 4.79 Å². The van der Waals surface area contributed by atoms with Crippen molar-refractivity contribution in [2.45, 2.75) is 77.0 Å². The van der Waals surface area contributed by atoms with Crippen LogP contribution in [0.2, 0.25) is 18.1 Å². The van der Waals surface area contributed by atoms with Gasteiger partial charge in [0, 0.05) is 17.1 Å². The summed E-state index contributed by atoms with van der Waals surface area (Å²) in [5.41, 5.74) is -1.08. The van der Waals surface area contributed by atoms with E-state index < -0.39 is 37.7 Å². The van der Waals surface area contributed by atoms with Crippen molar-refractivity contribution in [1.82, 2.24) is 4.57 Å². The molecular weight excluding hydrogens is 512 g/mol. The van der Waals surface area contributed by atoms with Crippen molar-refractivity contribution in [2.75, 3.05) is 7.11 Å². The largest absolute Gasteiger partial charge is 0.465 e. The third kappa shape index (κ3) is 5.93. The van der Waals surface area contributed by atoms with Crippen LogP contribution in [0.5, 0.6) is 0 Å². The summed E-state index contributed by atoms with van der Waals surface area (Å²) in [6, 6.07) is 15.7. The number of fused-ring (bicyclic) bond motifs is 1. The lowest BCUT2D eigenvalue weighted by atomic mass is 9.85. The summed E-state index contributed by atoms with van der Waals surface area (Å²) < 4.78 is 18.6. The summed E-state index contributed by atoms with van der Waals surface area (Å²) in [5.74, 6) is -0.513. The maximum atomic E-state index is 13.2. The standard InChI is InChI=1S/C30H38N2O6Si/c1-28(2,3)37-27(35)32-18-23(22-12-10-11-13-24(22)32)30(19-31,38-39(8,9)29(4,5)6)25(33)20-14-16-21(17-15-20)26(34)36-7/h10-18,25,33H,1-9H3. The summed E-state index contributed by atoms with van der Waals surface area (Å²) >= 11 is 0. The first-order chi connectivity index (χ1) is 18.0. The number of esters is 1. The second-order valence-corrected chi connectivity index (χ2v) is 16.9. The van der Waals surface area contributed by atoms with E-state index in [1.165, 1.54) is 30.0 Å². The highest BCUT2D eigenvalue weighted by Crippen LogP contribution is 2.48. The number of ether oxygens (including phenoxy) is 2.